The van der Waals surface area contributed by atoms with Gasteiger partial charge in [0, 0.05) is 11.1 Å². The normalized spacial score (nSPS) is 15.9. The summed E-state index contributed by atoms with van der Waals surface area (Å²) in [7, 11) is -4.13. The molecule has 2 atom stereocenters. The van der Waals surface area contributed by atoms with Gasteiger partial charge in [-0.1, -0.05) is 71.8 Å². The molecule has 0 aromatic heterocycles. The van der Waals surface area contributed by atoms with Gasteiger partial charge in [0.2, 0.25) is 0 Å². The highest BCUT2D eigenvalue weighted by Gasteiger charge is 2.39. The minimum Gasteiger partial charge on any atom is -0.497 e. The van der Waals surface area contributed by atoms with Gasteiger partial charge < -0.3 is 18.9 Å². The van der Waals surface area contributed by atoms with Gasteiger partial charge in [-0.25, -0.2) is 16.8 Å². The van der Waals surface area contributed by atoms with Crippen LogP contribution < -0.4 is 27.6 Å². The minimum absolute atomic E-state index is 0.224. The Morgan fingerprint density at radius 2 is 0.768 bits per heavy atom. The van der Waals surface area contributed by atoms with Crippen molar-refractivity contribution in [2.75, 3.05) is 35.9 Å². The van der Waals surface area contributed by atoms with Crippen LogP contribution in [0.25, 0.3) is 0 Å². The van der Waals surface area contributed by atoms with E-state index in [-0.39, 0.29) is 35.1 Å². The van der Waals surface area contributed by atoms with E-state index in [9.17, 15) is 16.8 Å². The fourth-order valence-electron chi connectivity index (χ4n) is 6.64. The third-order valence-corrected chi connectivity index (χ3v) is 13.2. The van der Waals surface area contributed by atoms with Crippen molar-refractivity contribution >= 4 is 31.4 Å². The molecule has 0 unspecified atom stereocenters. The van der Waals surface area contributed by atoms with E-state index in [1.807, 2.05) is 111 Å². The SMILES string of the molecule is COc1ccc(O[C@H]2CN(S(=O)(=O)c3ccc(C)cc3)c3ccccc32)cc1.COc1ccc(O[C@H]2CN(S(=O)(=O)c3ccc(C)cc3)c3ccccc32)cc1. The molecule has 12 heteroatoms. The van der Waals surface area contributed by atoms with Crippen molar-refractivity contribution in [2.45, 2.75) is 35.8 Å². The van der Waals surface area contributed by atoms with Crippen molar-refractivity contribution in [3.05, 3.63) is 168 Å². The molecule has 0 N–H and O–H groups in total. The van der Waals surface area contributed by atoms with Gasteiger partial charge >= 0.3 is 0 Å². The van der Waals surface area contributed by atoms with Gasteiger partial charge in [-0.05, 0) is 98.8 Å². The molecule has 10 nitrogen and oxygen atoms in total. The number of hydrogen-bond acceptors (Lipinski definition) is 8. The summed E-state index contributed by atoms with van der Waals surface area (Å²) in [4.78, 5) is 0.552. The number of hydrogen-bond donors (Lipinski definition) is 0. The molecule has 8 rings (SSSR count). The lowest BCUT2D eigenvalue weighted by molar-refractivity contribution is 0.224. The Balaban J connectivity index is 0.000000172. The van der Waals surface area contributed by atoms with Crippen LogP contribution in [0.3, 0.4) is 0 Å². The lowest BCUT2D eigenvalue weighted by atomic mass is 10.1. The third kappa shape index (κ3) is 7.89. The summed E-state index contributed by atoms with van der Waals surface area (Å²) in [5.41, 5.74) is 5.05. The number of para-hydroxylation sites is 2. The van der Waals surface area contributed by atoms with Gasteiger partial charge in [0.25, 0.3) is 20.0 Å². The lowest BCUT2D eigenvalue weighted by Gasteiger charge is -2.20. The molecule has 0 aliphatic carbocycles. The summed E-state index contributed by atoms with van der Waals surface area (Å²) >= 11 is 0. The van der Waals surface area contributed by atoms with Gasteiger partial charge in [-0.15, -0.1) is 0 Å². The number of methoxy groups -OCH3 is 2. The van der Waals surface area contributed by atoms with E-state index < -0.39 is 20.0 Å². The first-order valence-corrected chi connectivity index (χ1v) is 20.8. The molecular weight excluding hydrogens is 749 g/mol. The van der Waals surface area contributed by atoms with Crippen LogP contribution in [0, 0.1) is 13.8 Å². The third-order valence-electron chi connectivity index (χ3n) is 9.66. The van der Waals surface area contributed by atoms with Crippen LogP contribution in [0.2, 0.25) is 0 Å². The van der Waals surface area contributed by atoms with E-state index >= 15 is 0 Å². The molecule has 6 aromatic rings. The number of fused-ring (bicyclic) bond motifs is 2. The zero-order valence-electron chi connectivity index (χ0n) is 31.4. The van der Waals surface area contributed by atoms with Crippen molar-refractivity contribution in [1.29, 1.82) is 0 Å². The summed E-state index contributed by atoms with van der Waals surface area (Å²) in [6, 6.07) is 43.3. The molecule has 0 saturated heterocycles. The quantitative estimate of drug-likeness (QED) is 0.136. The number of aryl methyl sites for hydroxylation is 2. The topological polar surface area (TPSA) is 112 Å². The molecule has 6 aromatic carbocycles. The Labute approximate surface area is 328 Å². The van der Waals surface area contributed by atoms with Gasteiger partial charge in [0.15, 0.2) is 0 Å². The maximum Gasteiger partial charge on any atom is 0.264 e. The predicted molar refractivity (Wildman–Crippen MR) is 217 cm³/mol. The second-order valence-electron chi connectivity index (χ2n) is 13.4. The van der Waals surface area contributed by atoms with Crippen LogP contribution in [-0.2, 0) is 20.0 Å². The largest absolute Gasteiger partial charge is 0.497 e. The zero-order valence-corrected chi connectivity index (χ0v) is 33.0. The van der Waals surface area contributed by atoms with Crippen molar-refractivity contribution in [3.63, 3.8) is 0 Å². The van der Waals surface area contributed by atoms with E-state index in [2.05, 4.69) is 0 Å². The Hall–Kier alpha value is -5.98. The van der Waals surface area contributed by atoms with Crippen LogP contribution in [-0.4, -0.2) is 44.1 Å². The maximum atomic E-state index is 13.2. The number of anilines is 2. The Bertz CT molecular complexity index is 2330. The summed E-state index contributed by atoms with van der Waals surface area (Å²) < 4.78 is 78.4. The fraction of sp³-hybridized carbons (Fsp3) is 0.182. The number of benzene rings is 6. The standard InChI is InChI=1S/2C22H21NO4S/c2*1-16-7-13-19(14-8-16)28(24,25)23-15-22(20-5-3-4-6-21(20)23)27-18-11-9-17(26-2)10-12-18/h2*3-14,22H,15H2,1-2H3/t2*22-/m00/s1. The molecule has 0 spiro atoms. The smallest absolute Gasteiger partial charge is 0.264 e. The molecule has 0 amide bonds. The minimum atomic E-state index is -3.67. The zero-order chi connectivity index (χ0) is 39.5. The Kier molecular flexibility index (Phi) is 11.0. The van der Waals surface area contributed by atoms with E-state index in [0.717, 1.165) is 33.8 Å². The average molecular weight is 791 g/mol. The number of nitrogens with zero attached hydrogens (tertiary/aromatic N) is 2. The predicted octanol–water partition coefficient (Wildman–Crippen LogP) is 8.67. The van der Waals surface area contributed by atoms with Crippen LogP contribution in [0.5, 0.6) is 23.0 Å². The molecule has 56 heavy (non-hydrogen) atoms. The highest BCUT2D eigenvalue weighted by atomic mass is 32.2. The van der Waals surface area contributed by atoms with Crippen molar-refractivity contribution in [2.24, 2.45) is 0 Å². The molecular formula is C44H42N2O8S2. The van der Waals surface area contributed by atoms with E-state index in [1.165, 1.54) is 8.61 Å². The molecule has 2 aliphatic heterocycles. The van der Waals surface area contributed by atoms with E-state index in [4.69, 9.17) is 18.9 Å². The Morgan fingerprint density at radius 3 is 1.11 bits per heavy atom. The number of ether oxygens (including phenoxy) is 4. The molecule has 2 aliphatic rings. The summed E-state index contributed by atoms with van der Waals surface area (Å²) in [6.45, 7) is 4.31. The second kappa shape index (κ2) is 16.0. The monoisotopic (exact) mass is 790 g/mol. The first-order valence-electron chi connectivity index (χ1n) is 18.0. The summed E-state index contributed by atoms with van der Waals surface area (Å²) in [5.74, 6) is 2.80. The summed E-state index contributed by atoms with van der Waals surface area (Å²) in [6.07, 6.45) is -0.769. The van der Waals surface area contributed by atoms with Gasteiger partial charge in [-0.3, -0.25) is 8.61 Å². The highest BCUT2D eigenvalue weighted by molar-refractivity contribution is 7.93. The second-order valence-corrected chi connectivity index (χ2v) is 17.1. The molecule has 2 heterocycles. The van der Waals surface area contributed by atoms with Crippen LogP contribution in [0.15, 0.2) is 155 Å². The molecule has 0 fully saturated rings. The lowest BCUT2D eigenvalue weighted by Crippen LogP contribution is -2.30. The van der Waals surface area contributed by atoms with Crippen LogP contribution in [0.4, 0.5) is 11.4 Å². The van der Waals surface area contributed by atoms with Crippen molar-refractivity contribution in [1.82, 2.24) is 0 Å². The van der Waals surface area contributed by atoms with Crippen molar-refractivity contribution in [3.8, 4) is 23.0 Å². The van der Waals surface area contributed by atoms with Gasteiger partial charge in [-0.2, -0.15) is 0 Å². The van der Waals surface area contributed by atoms with Gasteiger partial charge in [0.1, 0.15) is 35.2 Å². The van der Waals surface area contributed by atoms with E-state index in [0.29, 0.717) is 22.9 Å². The molecule has 288 valence electrons. The fourth-order valence-corrected chi connectivity index (χ4v) is 9.62. The molecule has 0 saturated carbocycles. The number of rotatable bonds is 10. The van der Waals surface area contributed by atoms with Crippen LogP contribution >= 0.6 is 0 Å². The maximum absolute atomic E-state index is 13.2. The van der Waals surface area contributed by atoms with E-state index in [1.54, 1.807) is 62.8 Å². The van der Waals surface area contributed by atoms with Gasteiger partial charge in [0.05, 0.1) is 48.5 Å². The Morgan fingerprint density at radius 1 is 0.446 bits per heavy atom. The number of sulfonamides is 2. The molecule has 0 bridgehead atoms. The average Bonchev–Trinajstić information content (AvgIpc) is 3.78. The highest BCUT2D eigenvalue weighted by Crippen LogP contribution is 2.42. The first kappa shape index (κ1) is 38.3. The summed E-state index contributed by atoms with van der Waals surface area (Å²) in [5, 5.41) is 0. The first-order chi connectivity index (χ1) is 27.0. The van der Waals surface area contributed by atoms with Crippen molar-refractivity contribution < 1.29 is 35.8 Å². The van der Waals surface area contributed by atoms with Crippen LogP contribution in [0.1, 0.15) is 34.5 Å². The molecule has 0 radical (unpaired) electrons.